The third-order valence-electron chi connectivity index (χ3n) is 3.22. The largest absolute Gasteiger partial charge is 0.441 e. The summed E-state index contributed by atoms with van der Waals surface area (Å²) in [5.74, 6) is -0.201. The minimum atomic E-state index is -4.90. The molecular weight excluding hydrogens is 368 g/mol. The quantitative estimate of drug-likeness (QED) is 0.622. The standard InChI is InChI=1S/C15H11F6N3O2/c1-22-12-3-2-9(4-11(12)15(19,20)21)24(8-14(16,17)18)6-13-23-5-10(7-25)26-13/h2-5,25H,6-8H2. The lowest BCUT2D eigenvalue weighted by molar-refractivity contribution is -0.136. The number of rotatable bonds is 5. The molecule has 0 spiro atoms. The summed E-state index contributed by atoms with van der Waals surface area (Å²) >= 11 is 0. The summed E-state index contributed by atoms with van der Waals surface area (Å²) in [4.78, 5) is 7.02. The lowest BCUT2D eigenvalue weighted by atomic mass is 10.1. The lowest BCUT2D eigenvalue weighted by Crippen LogP contribution is -2.34. The van der Waals surface area contributed by atoms with Crippen molar-refractivity contribution in [2.75, 3.05) is 11.4 Å². The first-order valence-electron chi connectivity index (χ1n) is 6.98. The van der Waals surface area contributed by atoms with Crippen molar-refractivity contribution in [2.24, 2.45) is 0 Å². The van der Waals surface area contributed by atoms with Crippen LogP contribution in [0.25, 0.3) is 4.85 Å². The van der Waals surface area contributed by atoms with Crippen molar-refractivity contribution in [1.29, 1.82) is 0 Å². The zero-order valence-corrected chi connectivity index (χ0v) is 12.9. The average Bonchev–Trinajstić information content (AvgIpc) is 2.99. The highest BCUT2D eigenvalue weighted by molar-refractivity contribution is 5.62. The fourth-order valence-electron chi connectivity index (χ4n) is 2.16. The van der Waals surface area contributed by atoms with Gasteiger partial charge in [-0.25, -0.2) is 9.83 Å². The Morgan fingerprint density at radius 1 is 1.19 bits per heavy atom. The Bertz CT molecular complexity index is 807. The van der Waals surface area contributed by atoms with Gasteiger partial charge in [-0.2, -0.15) is 26.3 Å². The average molecular weight is 379 g/mol. The SMILES string of the molecule is [C-]#[N+]c1ccc(N(Cc2ncc(CO)o2)CC(F)(F)F)cc1C(F)(F)F. The number of halogens is 6. The number of aromatic nitrogens is 1. The van der Waals surface area contributed by atoms with Crippen LogP contribution in [0.5, 0.6) is 0 Å². The number of anilines is 1. The summed E-state index contributed by atoms with van der Waals surface area (Å²) in [5, 5.41) is 8.89. The molecule has 0 fully saturated rings. The normalized spacial score (nSPS) is 12.1. The fraction of sp³-hybridized carbons (Fsp3) is 0.333. The molecule has 1 aromatic heterocycles. The van der Waals surface area contributed by atoms with E-state index in [1.807, 2.05) is 0 Å². The molecule has 1 heterocycles. The van der Waals surface area contributed by atoms with Crippen LogP contribution in [0.4, 0.5) is 37.7 Å². The molecule has 0 saturated heterocycles. The van der Waals surface area contributed by atoms with E-state index in [0.29, 0.717) is 11.0 Å². The lowest BCUT2D eigenvalue weighted by Gasteiger charge is -2.25. The van der Waals surface area contributed by atoms with Crippen molar-refractivity contribution in [3.8, 4) is 0 Å². The summed E-state index contributed by atoms with van der Waals surface area (Å²) in [7, 11) is 0. The second kappa shape index (κ2) is 7.25. The number of aliphatic hydroxyl groups is 1. The predicted octanol–water partition coefficient (Wildman–Crippen LogP) is 4.31. The Balaban J connectivity index is 2.43. The summed E-state index contributed by atoms with van der Waals surface area (Å²) in [6, 6.07) is 2.28. The van der Waals surface area contributed by atoms with Gasteiger partial charge in [-0.1, -0.05) is 6.07 Å². The molecule has 0 amide bonds. The molecule has 2 rings (SSSR count). The minimum absolute atomic E-state index is 0.00583. The van der Waals surface area contributed by atoms with Crippen molar-refractivity contribution in [2.45, 2.75) is 25.5 Å². The van der Waals surface area contributed by atoms with Crippen molar-refractivity contribution in [3.63, 3.8) is 0 Å². The van der Waals surface area contributed by atoms with Crippen molar-refractivity contribution in [3.05, 3.63) is 53.0 Å². The molecule has 0 saturated carbocycles. The van der Waals surface area contributed by atoms with Gasteiger partial charge in [0.15, 0.2) is 5.69 Å². The Morgan fingerprint density at radius 3 is 2.38 bits per heavy atom. The smallest absolute Gasteiger partial charge is 0.407 e. The third kappa shape index (κ3) is 4.89. The Labute approximate surface area is 143 Å². The highest BCUT2D eigenvalue weighted by Gasteiger charge is 2.36. The Morgan fingerprint density at radius 2 is 1.88 bits per heavy atom. The molecule has 0 aliphatic rings. The number of aliphatic hydroxyl groups excluding tert-OH is 1. The molecule has 0 unspecified atom stereocenters. The molecule has 140 valence electrons. The summed E-state index contributed by atoms with van der Waals surface area (Å²) < 4.78 is 82.7. The maximum absolute atomic E-state index is 13.0. The van der Waals surface area contributed by atoms with Gasteiger partial charge in [-0.05, 0) is 12.1 Å². The van der Waals surface area contributed by atoms with E-state index in [2.05, 4.69) is 9.83 Å². The number of hydrogen-bond donors (Lipinski definition) is 1. The summed E-state index contributed by atoms with van der Waals surface area (Å²) in [6.07, 6.45) is -8.50. The van der Waals surface area contributed by atoms with E-state index in [1.54, 1.807) is 0 Å². The third-order valence-corrected chi connectivity index (χ3v) is 3.22. The van der Waals surface area contributed by atoms with E-state index in [1.165, 1.54) is 0 Å². The van der Waals surface area contributed by atoms with Gasteiger partial charge in [0.2, 0.25) is 5.89 Å². The minimum Gasteiger partial charge on any atom is -0.441 e. The maximum atomic E-state index is 13.0. The monoisotopic (exact) mass is 379 g/mol. The molecule has 0 radical (unpaired) electrons. The zero-order chi connectivity index (χ0) is 19.5. The number of hydrogen-bond acceptors (Lipinski definition) is 4. The van der Waals surface area contributed by atoms with Crippen LogP contribution >= 0.6 is 0 Å². The molecule has 11 heteroatoms. The molecule has 0 aliphatic heterocycles. The molecule has 1 aromatic carbocycles. The van der Waals surface area contributed by atoms with Gasteiger partial charge in [-0.3, -0.25) is 0 Å². The first kappa shape index (κ1) is 19.6. The highest BCUT2D eigenvalue weighted by Crippen LogP contribution is 2.39. The molecule has 2 aromatic rings. The van der Waals surface area contributed by atoms with E-state index in [-0.39, 0.29) is 11.7 Å². The van der Waals surface area contributed by atoms with Gasteiger partial charge in [0, 0.05) is 5.69 Å². The van der Waals surface area contributed by atoms with Crippen LogP contribution in [0.3, 0.4) is 0 Å². The second-order valence-electron chi connectivity index (χ2n) is 5.16. The van der Waals surface area contributed by atoms with Gasteiger partial charge >= 0.3 is 12.4 Å². The van der Waals surface area contributed by atoms with Gasteiger partial charge in [0.05, 0.1) is 24.9 Å². The zero-order valence-electron chi connectivity index (χ0n) is 12.9. The van der Waals surface area contributed by atoms with E-state index in [9.17, 15) is 26.3 Å². The number of nitrogens with zero attached hydrogens (tertiary/aromatic N) is 3. The Hall–Kier alpha value is -2.74. The Kier molecular flexibility index (Phi) is 5.46. The van der Waals surface area contributed by atoms with E-state index >= 15 is 0 Å². The number of alkyl halides is 6. The summed E-state index contributed by atoms with van der Waals surface area (Å²) in [5.41, 5.74) is -2.45. The van der Waals surface area contributed by atoms with Crippen molar-refractivity contribution in [1.82, 2.24) is 4.98 Å². The van der Waals surface area contributed by atoms with Crippen LogP contribution in [-0.2, 0) is 19.3 Å². The molecule has 0 bridgehead atoms. The second-order valence-corrected chi connectivity index (χ2v) is 5.16. The topological polar surface area (TPSA) is 53.9 Å². The van der Waals surface area contributed by atoms with E-state index < -0.39 is 49.0 Å². The first-order chi connectivity index (χ1) is 12.0. The van der Waals surface area contributed by atoms with E-state index in [4.69, 9.17) is 16.1 Å². The van der Waals surface area contributed by atoms with Crippen LogP contribution in [0, 0.1) is 6.57 Å². The van der Waals surface area contributed by atoms with E-state index in [0.717, 1.165) is 18.3 Å². The van der Waals surface area contributed by atoms with Gasteiger partial charge in [0.25, 0.3) is 0 Å². The van der Waals surface area contributed by atoms with Gasteiger partial charge in [-0.15, -0.1) is 0 Å². The van der Waals surface area contributed by atoms with Gasteiger partial charge < -0.3 is 14.4 Å². The molecule has 26 heavy (non-hydrogen) atoms. The van der Waals surface area contributed by atoms with Gasteiger partial charge in [0.1, 0.15) is 18.9 Å². The maximum Gasteiger partial charge on any atom is 0.407 e. The van der Waals surface area contributed by atoms with Crippen LogP contribution < -0.4 is 4.90 Å². The predicted molar refractivity (Wildman–Crippen MR) is 77.2 cm³/mol. The molecular formula is C15H11F6N3O2. The first-order valence-corrected chi connectivity index (χ1v) is 6.98. The molecule has 0 atom stereocenters. The van der Waals surface area contributed by atoms with Crippen molar-refractivity contribution >= 4 is 11.4 Å². The van der Waals surface area contributed by atoms with Crippen LogP contribution in [0.1, 0.15) is 17.2 Å². The number of oxazole rings is 1. The molecule has 5 nitrogen and oxygen atoms in total. The van der Waals surface area contributed by atoms with Crippen molar-refractivity contribution < 1.29 is 35.9 Å². The molecule has 0 aliphatic carbocycles. The molecule has 1 N–H and O–H groups in total. The summed E-state index contributed by atoms with van der Waals surface area (Å²) in [6.45, 7) is 4.12. The van der Waals surface area contributed by atoms with Crippen LogP contribution in [0.15, 0.2) is 28.8 Å². The fourth-order valence-corrected chi connectivity index (χ4v) is 2.16. The number of benzene rings is 1. The van der Waals surface area contributed by atoms with Crippen LogP contribution in [0.2, 0.25) is 0 Å². The highest BCUT2D eigenvalue weighted by atomic mass is 19.4. The van der Waals surface area contributed by atoms with Crippen LogP contribution in [-0.4, -0.2) is 22.8 Å².